The lowest BCUT2D eigenvalue weighted by Crippen LogP contribution is -2.28. The van der Waals surface area contributed by atoms with Crippen LogP contribution in [-0.2, 0) is 5.41 Å². The molecule has 0 atom stereocenters. The third kappa shape index (κ3) is 4.09. The van der Waals surface area contributed by atoms with E-state index in [4.69, 9.17) is 0 Å². The van der Waals surface area contributed by atoms with Crippen molar-refractivity contribution in [3.63, 3.8) is 0 Å². The highest BCUT2D eigenvalue weighted by Gasteiger charge is 2.46. The minimum absolute atomic E-state index is 0.405. The molecule has 0 aliphatic heterocycles. The molecular weight excluding hydrogens is 555 g/mol. The quantitative estimate of drug-likeness (QED) is 0.198. The van der Waals surface area contributed by atoms with E-state index in [0.717, 1.165) is 11.4 Å². The van der Waals surface area contributed by atoms with Crippen molar-refractivity contribution in [3.05, 3.63) is 204 Å². The molecule has 0 bridgehead atoms. The molecule has 1 N–H and O–H groups in total. The van der Waals surface area contributed by atoms with Crippen LogP contribution in [-0.4, -0.2) is 0 Å². The first-order chi connectivity index (χ1) is 22.8. The zero-order valence-corrected chi connectivity index (χ0v) is 25.3. The molecule has 0 fully saturated rings. The zero-order valence-electron chi connectivity index (χ0n) is 25.3. The molecule has 1 nitrogen and oxygen atoms in total. The molecule has 8 aromatic carbocycles. The summed E-state index contributed by atoms with van der Waals surface area (Å²) in [7, 11) is 0. The van der Waals surface area contributed by atoms with E-state index < -0.39 is 5.41 Å². The van der Waals surface area contributed by atoms with Gasteiger partial charge in [-0.2, -0.15) is 0 Å². The first-order valence-electron chi connectivity index (χ1n) is 15.9. The second-order valence-corrected chi connectivity index (χ2v) is 12.2. The summed E-state index contributed by atoms with van der Waals surface area (Å²) in [5.74, 6) is 0. The Morgan fingerprint density at radius 3 is 1.72 bits per heavy atom. The predicted octanol–water partition coefficient (Wildman–Crippen LogP) is 11.8. The first-order valence-corrected chi connectivity index (χ1v) is 15.9. The summed E-state index contributed by atoms with van der Waals surface area (Å²) in [6.07, 6.45) is 0. The molecule has 0 aromatic heterocycles. The van der Waals surface area contributed by atoms with Crippen molar-refractivity contribution in [2.24, 2.45) is 0 Å². The van der Waals surface area contributed by atoms with Crippen molar-refractivity contribution < 1.29 is 0 Å². The van der Waals surface area contributed by atoms with Gasteiger partial charge < -0.3 is 5.32 Å². The summed E-state index contributed by atoms with van der Waals surface area (Å²) in [6.45, 7) is 0. The van der Waals surface area contributed by atoms with Crippen molar-refractivity contribution >= 4 is 32.9 Å². The number of anilines is 2. The fraction of sp³-hybridized carbons (Fsp3) is 0.0222. The van der Waals surface area contributed by atoms with Crippen molar-refractivity contribution in [2.75, 3.05) is 5.32 Å². The van der Waals surface area contributed by atoms with Gasteiger partial charge in [0.1, 0.15) is 0 Å². The van der Waals surface area contributed by atoms with E-state index in [9.17, 15) is 0 Å². The maximum atomic E-state index is 3.73. The Hall–Kier alpha value is -5.92. The average Bonchev–Trinajstić information content (AvgIpc) is 3.43. The van der Waals surface area contributed by atoms with Gasteiger partial charge in [0.05, 0.1) is 5.41 Å². The fourth-order valence-corrected chi connectivity index (χ4v) is 7.63. The van der Waals surface area contributed by atoms with E-state index in [0.29, 0.717) is 0 Å². The van der Waals surface area contributed by atoms with Gasteiger partial charge in [0.2, 0.25) is 0 Å². The summed E-state index contributed by atoms with van der Waals surface area (Å²) >= 11 is 0. The topological polar surface area (TPSA) is 12.0 Å². The molecule has 1 heteroatoms. The van der Waals surface area contributed by atoms with Crippen LogP contribution in [0.15, 0.2) is 182 Å². The molecule has 1 aliphatic carbocycles. The number of fused-ring (bicyclic) bond motifs is 6. The summed E-state index contributed by atoms with van der Waals surface area (Å²) in [5, 5.41) is 8.86. The van der Waals surface area contributed by atoms with E-state index in [2.05, 4.69) is 187 Å². The Kier molecular flexibility index (Phi) is 6.11. The van der Waals surface area contributed by atoms with E-state index in [1.165, 1.54) is 66.1 Å². The zero-order chi connectivity index (χ0) is 30.5. The molecular formula is C45H31N. The molecule has 46 heavy (non-hydrogen) atoms. The highest BCUT2D eigenvalue weighted by molar-refractivity contribution is 6.08. The number of rotatable bonds is 5. The van der Waals surface area contributed by atoms with Crippen LogP contribution in [0.1, 0.15) is 22.3 Å². The highest BCUT2D eigenvalue weighted by Crippen LogP contribution is 2.56. The molecule has 0 amide bonds. The fourth-order valence-electron chi connectivity index (χ4n) is 7.63. The van der Waals surface area contributed by atoms with Gasteiger partial charge in [-0.05, 0) is 96.4 Å². The van der Waals surface area contributed by atoms with Crippen LogP contribution in [0.4, 0.5) is 11.4 Å². The van der Waals surface area contributed by atoms with Gasteiger partial charge in [0.25, 0.3) is 0 Å². The summed E-state index contributed by atoms with van der Waals surface area (Å²) in [6, 6.07) is 66.3. The first kappa shape index (κ1) is 26.5. The maximum Gasteiger partial charge on any atom is 0.0714 e. The number of hydrogen-bond acceptors (Lipinski definition) is 1. The maximum absolute atomic E-state index is 3.73. The SMILES string of the molecule is c1ccc(C2(c3ccccc3)c3ccccc3-c3ccc(Nc4ccc(-c5ccc6c(ccc7ccccc76)c5)cc4)cc32)cc1. The molecule has 0 saturated carbocycles. The highest BCUT2D eigenvalue weighted by atomic mass is 14.9. The number of benzene rings is 8. The van der Waals surface area contributed by atoms with Crippen LogP contribution in [0.5, 0.6) is 0 Å². The van der Waals surface area contributed by atoms with Gasteiger partial charge in [0, 0.05) is 11.4 Å². The summed E-state index contributed by atoms with van der Waals surface area (Å²) < 4.78 is 0. The lowest BCUT2D eigenvalue weighted by molar-refractivity contribution is 0.769. The second kappa shape index (κ2) is 10.6. The Bertz CT molecular complexity index is 2330. The largest absolute Gasteiger partial charge is 0.356 e. The van der Waals surface area contributed by atoms with Gasteiger partial charge in [-0.1, -0.05) is 152 Å². The van der Waals surface area contributed by atoms with Gasteiger partial charge in [-0.3, -0.25) is 0 Å². The Morgan fingerprint density at radius 1 is 0.348 bits per heavy atom. The molecule has 0 saturated heterocycles. The standard InChI is InChI=1S/C45H31N/c1-3-12-35(13-4-1)45(36-14-5-2-6-15-36)43-18-10-9-17-41(43)42-28-26-38(30-44(42)45)46-37-24-21-31(22-25-37)33-23-27-40-34(29-33)20-19-32-11-7-8-16-39(32)40/h1-30,46H. The van der Waals surface area contributed by atoms with E-state index >= 15 is 0 Å². The van der Waals surface area contributed by atoms with Crippen molar-refractivity contribution in [1.29, 1.82) is 0 Å². The van der Waals surface area contributed by atoms with E-state index in [-0.39, 0.29) is 0 Å². The smallest absolute Gasteiger partial charge is 0.0714 e. The third-order valence-corrected chi connectivity index (χ3v) is 9.71. The molecule has 0 unspecified atom stereocenters. The minimum Gasteiger partial charge on any atom is -0.356 e. The van der Waals surface area contributed by atoms with Gasteiger partial charge in [-0.15, -0.1) is 0 Å². The molecule has 216 valence electrons. The monoisotopic (exact) mass is 585 g/mol. The predicted molar refractivity (Wildman–Crippen MR) is 194 cm³/mol. The lowest BCUT2D eigenvalue weighted by atomic mass is 9.67. The van der Waals surface area contributed by atoms with Crippen LogP contribution in [0.3, 0.4) is 0 Å². The van der Waals surface area contributed by atoms with Gasteiger partial charge in [0.15, 0.2) is 0 Å². The molecule has 8 aromatic rings. The van der Waals surface area contributed by atoms with Crippen molar-refractivity contribution in [3.8, 4) is 22.3 Å². The Labute approximate surface area is 269 Å². The van der Waals surface area contributed by atoms with Crippen molar-refractivity contribution in [1.82, 2.24) is 0 Å². The summed E-state index contributed by atoms with van der Waals surface area (Å²) in [5.41, 5.74) is 11.9. The Morgan fingerprint density at radius 2 is 0.935 bits per heavy atom. The van der Waals surface area contributed by atoms with E-state index in [1.807, 2.05) is 0 Å². The molecule has 9 rings (SSSR count). The number of nitrogens with one attached hydrogen (secondary N) is 1. The minimum atomic E-state index is -0.405. The average molecular weight is 586 g/mol. The van der Waals surface area contributed by atoms with Gasteiger partial charge >= 0.3 is 0 Å². The number of hydrogen-bond donors (Lipinski definition) is 1. The lowest BCUT2D eigenvalue weighted by Gasteiger charge is -2.34. The normalized spacial score (nSPS) is 13.0. The van der Waals surface area contributed by atoms with Gasteiger partial charge in [-0.25, -0.2) is 0 Å². The second-order valence-electron chi connectivity index (χ2n) is 12.2. The van der Waals surface area contributed by atoms with Crippen LogP contribution in [0, 0.1) is 0 Å². The van der Waals surface area contributed by atoms with E-state index in [1.54, 1.807) is 0 Å². The summed E-state index contributed by atoms with van der Waals surface area (Å²) in [4.78, 5) is 0. The van der Waals surface area contributed by atoms with Crippen LogP contribution in [0.25, 0.3) is 43.8 Å². The Balaban J connectivity index is 1.10. The molecule has 1 aliphatic rings. The molecule has 0 radical (unpaired) electrons. The van der Waals surface area contributed by atoms with Crippen LogP contribution < -0.4 is 5.32 Å². The molecule has 0 spiro atoms. The molecule has 0 heterocycles. The van der Waals surface area contributed by atoms with Crippen molar-refractivity contribution in [2.45, 2.75) is 5.41 Å². The third-order valence-electron chi connectivity index (χ3n) is 9.71. The van der Waals surface area contributed by atoms with Crippen LogP contribution >= 0.6 is 0 Å². The van der Waals surface area contributed by atoms with Crippen LogP contribution in [0.2, 0.25) is 0 Å².